The van der Waals surface area contributed by atoms with Crippen molar-refractivity contribution in [1.82, 2.24) is 0 Å². The molecule has 2 unspecified atom stereocenters. The van der Waals surface area contributed by atoms with Gasteiger partial charge in [0.2, 0.25) is 0 Å². The Morgan fingerprint density at radius 3 is 2.71 bits per heavy atom. The number of fused-ring (bicyclic) bond motifs is 5. The van der Waals surface area contributed by atoms with Gasteiger partial charge in [0, 0.05) is 11.8 Å². The minimum atomic E-state index is 0.357. The van der Waals surface area contributed by atoms with Gasteiger partial charge in [-0.3, -0.25) is 4.79 Å². The summed E-state index contributed by atoms with van der Waals surface area (Å²) in [7, 11) is 0. The average Bonchev–Trinajstić information content (AvgIpc) is 2.93. The lowest BCUT2D eigenvalue weighted by molar-refractivity contribution is -0.126. The fourth-order valence-corrected chi connectivity index (χ4v) is 5.13. The van der Waals surface area contributed by atoms with Crippen LogP contribution in [0, 0.1) is 41.4 Å². The number of carbonyl (C=O) groups excluding carboxylic acids is 1. The molecule has 0 aromatic heterocycles. The molecule has 0 N–H and O–H groups in total. The van der Waals surface area contributed by atoms with Gasteiger partial charge in [0.25, 0.3) is 0 Å². The second kappa shape index (κ2) is 3.96. The number of allylic oxidation sites excluding steroid dienone is 2. The van der Waals surface area contributed by atoms with Crippen LogP contribution >= 0.6 is 0 Å². The predicted octanol–water partition coefficient (Wildman–Crippen LogP) is 3.70. The van der Waals surface area contributed by atoms with Crippen molar-refractivity contribution in [2.24, 2.45) is 41.4 Å². The molecule has 17 heavy (non-hydrogen) atoms. The third kappa shape index (κ3) is 1.47. The molecular formula is C16H24O. The Labute approximate surface area is 105 Å². The van der Waals surface area contributed by atoms with Crippen molar-refractivity contribution in [2.45, 2.75) is 40.0 Å². The maximum atomic E-state index is 12.7. The van der Waals surface area contributed by atoms with Gasteiger partial charge in [0.15, 0.2) is 0 Å². The molecule has 2 saturated carbocycles. The van der Waals surface area contributed by atoms with E-state index in [1.165, 1.54) is 19.3 Å². The first-order chi connectivity index (χ1) is 8.15. The third-order valence-corrected chi connectivity index (χ3v) is 5.71. The molecule has 2 bridgehead atoms. The van der Waals surface area contributed by atoms with Crippen LogP contribution < -0.4 is 0 Å². The second-order valence-electron chi connectivity index (χ2n) is 6.60. The molecule has 94 valence electrons. The molecule has 3 aliphatic rings. The predicted molar refractivity (Wildman–Crippen MR) is 69.5 cm³/mol. The summed E-state index contributed by atoms with van der Waals surface area (Å²) in [4.78, 5) is 12.7. The van der Waals surface area contributed by atoms with Gasteiger partial charge in [0.05, 0.1) is 0 Å². The van der Waals surface area contributed by atoms with E-state index in [0.29, 0.717) is 41.3 Å². The molecule has 7 atom stereocenters. The molecule has 0 spiro atoms. The van der Waals surface area contributed by atoms with Gasteiger partial charge < -0.3 is 0 Å². The van der Waals surface area contributed by atoms with E-state index in [-0.39, 0.29) is 0 Å². The maximum absolute atomic E-state index is 12.7. The van der Waals surface area contributed by atoms with Crippen molar-refractivity contribution in [3.05, 3.63) is 12.2 Å². The Balaban J connectivity index is 1.85. The molecule has 0 amide bonds. The molecule has 1 heteroatoms. The quantitative estimate of drug-likeness (QED) is 0.678. The minimum absolute atomic E-state index is 0.357. The highest BCUT2D eigenvalue weighted by molar-refractivity contribution is 5.88. The normalized spacial score (nSPS) is 48.8. The summed E-state index contributed by atoms with van der Waals surface area (Å²) in [6.07, 6.45) is 8.40. The molecule has 0 aromatic rings. The van der Waals surface area contributed by atoms with Gasteiger partial charge in [-0.25, -0.2) is 0 Å². The summed E-state index contributed by atoms with van der Waals surface area (Å²) >= 11 is 0. The number of Topliss-reactive ketones (excluding diaryl/α,β-unsaturated/α-hetero) is 1. The smallest absolute Gasteiger partial charge is 0.140 e. The topological polar surface area (TPSA) is 17.1 Å². The summed E-state index contributed by atoms with van der Waals surface area (Å²) in [6.45, 7) is 6.86. The summed E-state index contributed by atoms with van der Waals surface area (Å²) < 4.78 is 0. The highest BCUT2D eigenvalue weighted by atomic mass is 16.1. The van der Waals surface area contributed by atoms with Crippen LogP contribution in [0.2, 0.25) is 0 Å². The van der Waals surface area contributed by atoms with E-state index < -0.39 is 0 Å². The summed E-state index contributed by atoms with van der Waals surface area (Å²) in [5.41, 5.74) is 0. The first-order valence-corrected chi connectivity index (χ1v) is 7.37. The lowest BCUT2D eigenvalue weighted by Crippen LogP contribution is -2.25. The Hall–Kier alpha value is -0.590. The van der Waals surface area contributed by atoms with Crippen LogP contribution in [0.15, 0.2) is 12.2 Å². The monoisotopic (exact) mass is 232 g/mol. The molecule has 0 radical (unpaired) electrons. The Kier molecular flexibility index (Phi) is 2.68. The highest BCUT2D eigenvalue weighted by Gasteiger charge is 2.58. The number of rotatable bonds is 3. The zero-order valence-electron chi connectivity index (χ0n) is 11.2. The van der Waals surface area contributed by atoms with Crippen molar-refractivity contribution >= 4 is 5.78 Å². The fraction of sp³-hybridized carbons (Fsp3) is 0.812. The Morgan fingerprint density at radius 1 is 1.35 bits per heavy atom. The SMILES string of the molecule is CCC[C@@H](C)[C@@H]1C(=O)C2C([C@H]1C)[C@H]1C=C[C@@H]2C1. The summed E-state index contributed by atoms with van der Waals surface area (Å²) in [5.74, 6) is 4.57. The molecule has 2 fully saturated rings. The van der Waals surface area contributed by atoms with Gasteiger partial charge in [-0.2, -0.15) is 0 Å². The van der Waals surface area contributed by atoms with Crippen molar-refractivity contribution < 1.29 is 4.79 Å². The fourth-order valence-electron chi connectivity index (χ4n) is 5.13. The second-order valence-corrected chi connectivity index (χ2v) is 6.60. The lowest BCUT2D eigenvalue weighted by Gasteiger charge is -2.26. The van der Waals surface area contributed by atoms with Crippen molar-refractivity contribution in [3.63, 3.8) is 0 Å². The molecule has 0 saturated heterocycles. The zero-order valence-corrected chi connectivity index (χ0v) is 11.2. The number of ketones is 1. The van der Waals surface area contributed by atoms with Crippen LogP contribution in [0.4, 0.5) is 0 Å². The van der Waals surface area contributed by atoms with E-state index in [4.69, 9.17) is 0 Å². The van der Waals surface area contributed by atoms with Gasteiger partial charge in [-0.1, -0.05) is 45.8 Å². The average molecular weight is 232 g/mol. The molecule has 0 heterocycles. The first-order valence-electron chi connectivity index (χ1n) is 7.37. The number of hydrogen-bond acceptors (Lipinski definition) is 1. The van der Waals surface area contributed by atoms with E-state index >= 15 is 0 Å². The van der Waals surface area contributed by atoms with E-state index in [1.807, 2.05) is 0 Å². The van der Waals surface area contributed by atoms with Crippen molar-refractivity contribution in [3.8, 4) is 0 Å². The van der Waals surface area contributed by atoms with Crippen LogP contribution in [-0.2, 0) is 4.79 Å². The molecule has 3 aliphatic carbocycles. The molecule has 0 aromatic carbocycles. The standard InChI is InChI=1S/C16H24O/c1-4-5-9(2)13-10(3)14-11-6-7-12(8-11)15(14)16(13)17/h6-7,9-15H,4-5,8H2,1-3H3/t9-,10+,11+,12-,13+,14?,15?/m1/s1. The van der Waals surface area contributed by atoms with Crippen LogP contribution in [0.25, 0.3) is 0 Å². The number of carbonyl (C=O) groups is 1. The lowest BCUT2D eigenvalue weighted by atomic mass is 9.77. The summed E-state index contributed by atoms with van der Waals surface area (Å²) in [5, 5.41) is 0. The van der Waals surface area contributed by atoms with Crippen molar-refractivity contribution in [2.75, 3.05) is 0 Å². The molecule has 3 rings (SSSR count). The largest absolute Gasteiger partial charge is 0.299 e. The first kappa shape index (κ1) is 11.5. The van der Waals surface area contributed by atoms with E-state index in [2.05, 4.69) is 32.9 Å². The van der Waals surface area contributed by atoms with Crippen LogP contribution in [0.1, 0.15) is 40.0 Å². The van der Waals surface area contributed by atoms with E-state index in [0.717, 1.165) is 5.92 Å². The molecule has 1 nitrogen and oxygen atoms in total. The Morgan fingerprint density at radius 2 is 2.06 bits per heavy atom. The highest BCUT2D eigenvalue weighted by Crippen LogP contribution is 2.59. The zero-order chi connectivity index (χ0) is 12.2. The Bertz CT molecular complexity index is 357. The van der Waals surface area contributed by atoms with E-state index in [1.54, 1.807) is 0 Å². The van der Waals surface area contributed by atoms with Crippen LogP contribution in [0.3, 0.4) is 0 Å². The molecule has 0 aliphatic heterocycles. The van der Waals surface area contributed by atoms with Gasteiger partial charge >= 0.3 is 0 Å². The molecular weight excluding hydrogens is 208 g/mol. The van der Waals surface area contributed by atoms with Crippen LogP contribution in [0.5, 0.6) is 0 Å². The minimum Gasteiger partial charge on any atom is -0.299 e. The van der Waals surface area contributed by atoms with Gasteiger partial charge in [-0.15, -0.1) is 0 Å². The maximum Gasteiger partial charge on any atom is 0.140 e. The number of hydrogen-bond donors (Lipinski definition) is 0. The van der Waals surface area contributed by atoms with Gasteiger partial charge in [-0.05, 0) is 36.0 Å². The van der Waals surface area contributed by atoms with Crippen LogP contribution in [-0.4, -0.2) is 5.78 Å². The van der Waals surface area contributed by atoms with Gasteiger partial charge in [0.1, 0.15) is 5.78 Å². The van der Waals surface area contributed by atoms with Crippen molar-refractivity contribution in [1.29, 1.82) is 0 Å². The summed E-state index contributed by atoms with van der Waals surface area (Å²) in [6, 6.07) is 0. The third-order valence-electron chi connectivity index (χ3n) is 5.71. The van der Waals surface area contributed by atoms with E-state index in [9.17, 15) is 4.79 Å².